The van der Waals surface area contributed by atoms with Crippen LogP contribution in [0.2, 0.25) is 0 Å². The standard InChI is InChI=1S/C10H8OS/c11-8-5-7-6-3-1-2-4-9(6)12-10(7)8/h1-4,7,10H,5H2. The molecule has 1 nitrogen and oxygen atoms in total. The Balaban J connectivity index is 2.10. The van der Waals surface area contributed by atoms with Crippen molar-refractivity contribution in [1.29, 1.82) is 0 Å². The highest BCUT2D eigenvalue weighted by atomic mass is 32.2. The van der Waals surface area contributed by atoms with Crippen LogP contribution in [0.5, 0.6) is 0 Å². The molecule has 1 aromatic rings. The fourth-order valence-corrected chi connectivity index (χ4v) is 3.38. The van der Waals surface area contributed by atoms with Crippen LogP contribution in [0.15, 0.2) is 29.2 Å². The molecule has 0 aromatic heterocycles. The Kier molecular flexibility index (Phi) is 1.20. The number of carbonyl (C=O) groups excluding carboxylic acids is 1. The molecule has 1 aliphatic heterocycles. The molecule has 2 aliphatic rings. The molecular weight excluding hydrogens is 168 g/mol. The molecule has 0 bridgehead atoms. The lowest BCUT2D eigenvalue weighted by Crippen LogP contribution is -2.34. The van der Waals surface area contributed by atoms with Gasteiger partial charge in [0.25, 0.3) is 0 Å². The number of hydrogen-bond acceptors (Lipinski definition) is 2. The van der Waals surface area contributed by atoms with Gasteiger partial charge in [-0.2, -0.15) is 0 Å². The van der Waals surface area contributed by atoms with Crippen molar-refractivity contribution >= 4 is 17.5 Å². The lowest BCUT2D eigenvalue weighted by Gasteiger charge is -2.27. The number of thioether (sulfide) groups is 1. The minimum atomic E-state index is 0.266. The van der Waals surface area contributed by atoms with E-state index in [9.17, 15) is 4.79 Å². The van der Waals surface area contributed by atoms with E-state index in [1.165, 1.54) is 10.5 Å². The van der Waals surface area contributed by atoms with E-state index in [1.54, 1.807) is 11.8 Å². The van der Waals surface area contributed by atoms with Crippen LogP contribution >= 0.6 is 11.8 Å². The molecule has 2 atom stereocenters. The molecule has 1 fully saturated rings. The smallest absolute Gasteiger partial charge is 0.147 e. The summed E-state index contributed by atoms with van der Waals surface area (Å²) in [6.45, 7) is 0. The molecular formula is C10H8OS. The number of fused-ring (bicyclic) bond motifs is 3. The van der Waals surface area contributed by atoms with E-state index >= 15 is 0 Å². The molecule has 1 saturated carbocycles. The number of carbonyl (C=O) groups is 1. The van der Waals surface area contributed by atoms with Crippen molar-refractivity contribution in [3.05, 3.63) is 29.8 Å². The summed E-state index contributed by atoms with van der Waals surface area (Å²) in [6, 6.07) is 8.37. The third-order valence-electron chi connectivity index (χ3n) is 2.68. The average Bonchev–Trinajstić information content (AvgIpc) is 2.39. The molecule has 0 amide bonds. The maximum atomic E-state index is 11.2. The molecule has 1 aromatic carbocycles. The first-order valence-electron chi connectivity index (χ1n) is 4.14. The Hall–Kier alpha value is -0.760. The van der Waals surface area contributed by atoms with E-state index in [1.807, 2.05) is 6.07 Å². The van der Waals surface area contributed by atoms with E-state index < -0.39 is 0 Å². The van der Waals surface area contributed by atoms with Gasteiger partial charge in [0, 0.05) is 17.2 Å². The predicted molar refractivity (Wildman–Crippen MR) is 48.5 cm³/mol. The van der Waals surface area contributed by atoms with Crippen molar-refractivity contribution in [2.24, 2.45) is 0 Å². The summed E-state index contributed by atoms with van der Waals surface area (Å²) in [5, 5.41) is 0.266. The molecule has 1 heterocycles. The van der Waals surface area contributed by atoms with E-state index in [2.05, 4.69) is 18.2 Å². The molecule has 12 heavy (non-hydrogen) atoms. The molecule has 3 rings (SSSR count). The maximum absolute atomic E-state index is 11.2. The summed E-state index contributed by atoms with van der Waals surface area (Å²) < 4.78 is 0. The first-order chi connectivity index (χ1) is 5.86. The highest BCUT2D eigenvalue weighted by Crippen LogP contribution is 2.53. The van der Waals surface area contributed by atoms with Crippen LogP contribution in [0.25, 0.3) is 0 Å². The fourth-order valence-electron chi connectivity index (χ4n) is 1.96. The Morgan fingerprint density at radius 2 is 2.17 bits per heavy atom. The first kappa shape index (κ1) is 6.72. The van der Waals surface area contributed by atoms with Crippen molar-refractivity contribution in [1.82, 2.24) is 0 Å². The second-order valence-electron chi connectivity index (χ2n) is 3.35. The van der Waals surface area contributed by atoms with Crippen LogP contribution in [0.4, 0.5) is 0 Å². The highest BCUT2D eigenvalue weighted by molar-refractivity contribution is 8.01. The fraction of sp³-hybridized carbons (Fsp3) is 0.300. The quantitative estimate of drug-likeness (QED) is 0.603. The summed E-state index contributed by atoms with van der Waals surface area (Å²) in [4.78, 5) is 12.5. The van der Waals surface area contributed by atoms with Crippen molar-refractivity contribution in [3.8, 4) is 0 Å². The molecule has 1 aliphatic carbocycles. The summed E-state index contributed by atoms with van der Waals surface area (Å²) in [6.07, 6.45) is 0.772. The number of Topliss-reactive ketones (excluding diaryl/α,β-unsaturated/α-hetero) is 1. The molecule has 0 radical (unpaired) electrons. The largest absolute Gasteiger partial charge is 0.298 e. The van der Waals surface area contributed by atoms with Gasteiger partial charge in [-0.3, -0.25) is 4.79 Å². The van der Waals surface area contributed by atoms with Gasteiger partial charge in [0.1, 0.15) is 5.78 Å². The molecule has 2 unspecified atom stereocenters. The number of benzene rings is 1. The van der Waals surface area contributed by atoms with Crippen LogP contribution in [0.3, 0.4) is 0 Å². The van der Waals surface area contributed by atoms with Gasteiger partial charge in [0.2, 0.25) is 0 Å². The minimum absolute atomic E-state index is 0.266. The average molecular weight is 176 g/mol. The van der Waals surface area contributed by atoms with Crippen molar-refractivity contribution in [2.75, 3.05) is 0 Å². The van der Waals surface area contributed by atoms with Crippen molar-refractivity contribution in [3.63, 3.8) is 0 Å². The highest BCUT2D eigenvalue weighted by Gasteiger charge is 2.46. The maximum Gasteiger partial charge on any atom is 0.147 e. The number of ketones is 1. The minimum Gasteiger partial charge on any atom is -0.298 e. The predicted octanol–water partition coefficient (Wildman–Crippen LogP) is 2.22. The molecule has 2 heteroatoms. The van der Waals surface area contributed by atoms with Gasteiger partial charge in [-0.1, -0.05) is 18.2 Å². The molecule has 60 valence electrons. The summed E-state index contributed by atoms with van der Waals surface area (Å²) in [5.41, 5.74) is 1.40. The van der Waals surface area contributed by atoms with Crippen LogP contribution in [-0.4, -0.2) is 11.0 Å². The molecule has 0 saturated heterocycles. The summed E-state index contributed by atoms with van der Waals surface area (Å²) >= 11 is 1.74. The summed E-state index contributed by atoms with van der Waals surface area (Å²) in [5.74, 6) is 0.972. The number of hydrogen-bond donors (Lipinski definition) is 0. The van der Waals surface area contributed by atoms with Crippen molar-refractivity contribution in [2.45, 2.75) is 22.5 Å². The second kappa shape index (κ2) is 2.13. The second-order valence-corrected chi connectivity index (χ2v) is 4.54. The Morgan fingerprint density at radius 3 is 3.00 bits per heavy atom. The van der Waals surface area contributed by atoms with Crippen LogP contribution < -0.4 is 0 Å². The van der Waals surface area contributed by atoms with Gasteiger partial charge in [-0.05, 0) is 11.6 Å². The van der Waals surface area contributed by atoms with E-state index in [0.29, 0.717) is 11.7 Å². The van der Waals surface area contributed by atoms with Gasteiger partial charge in [-0.25, -0.2) is 0 Å². The molecule has 0 N–H and O–H groups in total. The van der Waals surface area contributed by atoms with Crippen LogP contribution in [0.1, 0.15) is 17.9 Å². The van der Waals surface area contributed by atoms with Gasteiger partial charge in [-0.15, -0.1) is 11.8 Å². The monoisotopic (exact) mass is 176 g/mol. The van der Waals surface area contributed by atoms with E-state index in [4.69, 9.17) is 0 Å². The third kappa shape index (κ3) is 0.686. The van der Waals surface area contributed by atoms with Gasteiger partial charge >= 0.3 is 0 Å². The molecule has 0 spiro atoms. The Morgan fingerprint density at radius 1 is 1.33 bits per heavy atom. The Labute approximate surface area is 75.2 Å². The lowest BCUT2D eigenvalue weighted by atomic mass is 9.79. The zero-order valence-electron chi connectivity index (χ0n) is 6.49. The topological polar surface area (TPSA) is 17.1 Å². The normalized spacial score (nSPS) is 30.8. The zero-order valence-corrected chi connectivity index (χ0v) is 7.30. The zero-order chi connectivity index (χ0) is 8.13. The lowest BCUT2D eigenvalue weighted by molar-refractivity contribution is -0.123. The SMILES string of the molecule is O=C1CC2c3ccccc3SC12. The van der Waals surface area contributed by atoms with E-state index in [-0.39, 0.29) is 5.25 Å². The van der Waals surface area contributed by atoms with Crippen molar-refractivity contribution < 1.29 is 4.79 Å². The van der Waals surface area contributed by atoms with Gasteiger partial charge < -0.3 is 0 Å². The Bertz CT molecular complexity index is 359. The van der Waals surface area contributed by atoms with Gasteiger partial charge in [0.15, 0.2) is 0 Å². The number of rotatable bonds is 0. The van der Waals surface area contributed by atoms with Gasteiger partial charge in [0.05, 0.1) is 5.25 Å². The van der Waals surface area contributed by atoms with Crippen LogP contribution in [0, 0.1) is 0 Å². The third-order valence-corrected chi connectivity index (χ3v) is 4.15. The first-order valence-corrected chi connectivity index (χ1v) is 5.02. The summed E-state index contributed by atoms with van der Waals surface area (Å²) in [7, 11) is 0. The van der Waals surface area contributed by atoms with E-state index in [0.717, 1.165) is 6.42 Å². The van der Waals surface area contributed by atoms with Crippen LogP contribution in [-0.2, 0) is 4.79 Å².